The fourth-order valence-corrected chi connectivity index (χ4v) is 2.68. The molecule has 0 saturated carbocycles. The monoisotopic (exact) mass is 289 g/mol. The van der Waals surface area contributed by atoms with Crippen LogP contribution in [0.15, 0.2) is 18.2 Å². The highest BCUT2D eigenvalue weighted by Crippen LogP contribution is 2.26. The first-order chi connectivity index (χ1) is 10.2. The first-order valence-corrected chi connectivity index (χ1v) is 8.09. The summed E-state index contributed by atoms with van der Waals surface area (Å²) in [4.78, 5) is 4.78. The lowest BCUT2D eigenvalue weighted by Crippen LogP contribution is -2.16. The molecule has 1 heterocycles. The summed E-state index contributed by atoms with van der Waals surface area (Å²) < 4.78 is 7.84. The maximum atomic E-state index is 6.36. The maximum Gasteiger partial charge on any atom is 0.126 e. The van der Waals surface area contributed by atoms with Crippen molar-refractivity contribution in [3.63, 3.8) is 0 Å². The van der Waals surface area contributed by atoms with Crippen LogP contribution in [-0.2, 0) is 6.54 Å². The topological polar surface area (TPSA) is 53.1 Å². The molecular weight excluding hydrogens is 262 g/mol. The molecule has 0 aliphatic rings. The minimum absolute atomic E-state index is 0.0134. The summed E-state index contributed by atoms with van der Waals surface area (Å²) in [6.07, 6.45) is 4.37. The quantitative estimate of drug-likeness (QED) is 0.798. The van der Waals surface area contributed by atoms with E-state index in [2.05, 4.69) is 24.5 Å². The number of rotatable bonds is 8. The van der Waals surface area contributed by atoms with E-state index in [-0.39, 0.29) is 6.04 Å². The fraction of sp³-hybridized carbons (Fsp3) is 0.588. The van der Waals surface area contributed by atoms with Gasteiger partial charge in [-0.25, -0.2) is 4.98 Å². The number of ether oxygens (including phenoxy) is 1. The number of fused-ring (bicyclic) bond motifs is 1. The van der Waals surface area contributed by atoms with Gasteiger partial charge in [0.1, 0.15) is 11.6 Å². The smallest absolute Gasteiger partial charge is 0.126 e. The van der Waals surface area contributed by atoms with Crippen molar-refractivity contribution in [2.24, 2.45) is 5.73 Å². The Balaban J connectivity index is 2.40. The van der Waals surface area contributed by atoms with E-state index in [1.54, 1.807) is 0 Å². The van der Waals surface area contributed by atoms with E-state index >= 15 is 0 Å². The molecule has 0 aliphatic heterocycles. The predicted octanol–water partition coefficient (Wildman–Crippen LogP) is 4.04. The summed E-state index contributed by atoms with van der Waals surface area (Å²) in [5, 5.41) is 0. The van der Waals surface area contributed by atoms with Gasteiger partial charge in [-0.15, -0.1) is 0 Å². The Hall–Kier alpha value is -1.55. The number of nitrogens with zero attached hydrogens (tertiary/aromatic N) is 2. The van der Waals surface area contributed by atoms with Gasteiger partial charge >= 0.3 is 0 Å². The minimum atomic E-state index is 0.0134. The number of aromatic nitrogens is 2. The van der Waals surface area contributed by atoms with Crippen molar-refractivity contribution >= 4 is 11.0 Å². The first kappa shape index (κ1) is 15.8. The Labute approximate surface area is 127 Å². The lowest BCUT2D eigenvalue weighted by atomic mass is 10.1. The van der Waals surface area contributed by atoms with E-state index in [0.29, 0.717) is 6.61 Å². The third-order valence-corrected chi connectivity index (χ3v) is 3.71. The Morgan fingerprint density at radius 3 is 2.71 bits per heavy atom. The molecule has 4 nitrogen and oxygen atoms in total. The van der Waals surface area contributed by atoms with Crippen molar-refractivity contribution in [2.75, 3.05) is 6.61 Å². The SMILES string of the molecule is CCCCC(N)c1nc2cc(OCC)ccc2n1CCC. The van der Waals surface area contributed by atoms with Gasteiger partial charge in [0.05, 0.1) is 23.7 Å². The van der Waals surface area contributed by atoms with Crippen molar-refractivity contribution in [3.8, 4) is 5.75 Å². The number of imidazole rings is 1. The summed E-state index contributed by atoms with van der Waals surface area (Å²) in [5.41, 5.74) is 8.50. The summed E-state index contributed by atoms with van der Waals surface area (Å²) in [6.45, 7) is 7.99. The van der Waals surface area contributed by atoms with Crippen LogP contribution in [-0.4, -0.2) is 16.2 Å². The molecule has 2 aromatic rings. The Morgan fingerprint density at radius 1 is 1.24 bits per heavy atom. The van der Waals surface area contributed by atoms with Crippen LogP contribution in [0.5, 0.6) is 5.75 Å². The predicted molar refractivity (Wildman–Crippen MR) is 87.6 cm³/mol. The molecule has 116 valence electrons. The molecule has 0 amide bonds. The van der Waals surface area contributed by atoms with E-state index in [0.717, 1.165) is 54.8 Å². The second-order valence-corrected chi connectivity index (χ2v) is 5.45. The highest BCUT2D eigenvalue weighted by molar-refractivity contribution is 5.78. The standard InChI is InChI=1S/C17H27N3O/c1-4-7-8-14(18)17-19-15-12-13(21-6-3)9-10-16(15)20(17)11-5-2/h9-10,12,14H,4-8,11,18H2,1-3H3. The molecule has 1 unspecified atom stereocenters. The maximum absolute atomic E-state index is 6.36. The highest BCUT2D eigenvalue weighted by Gasteiger charge is 2.16. The van der Waals surface area contributed by atoms with Crippen LogP contribution in [0.4, 0.5) is 0 Å². The molecule has 0 bridgehead atoms. The zero-order chi connectivity index (χ0) is 15.2. The number of hydrogen-bond acceptors (Lipinski definition) is 3. The van der Waals surface area contributed by atoms with Gasteiger partial charge in [0.25, 0.3) is 0 Å². The van der Waals surface area contributed by atoms with E-state index in [4.69, 9.17) is 15.5 Å². The average molecular weight is 289 g/mol. The normalized spacial score (nSPS) is 12.8. The third-order valence-electron chi connectivity index (χ3n) is 3.71. The van der Waals surface area contributed by atoms with E-state index in [1.165, 1.54) is 0 Å². The van der Waals surface area contributed by atoms with Gasteiger partial charge in [0, 0.05) is 12.6 Å². The van der Waals surface area contributed by atoms with Crippen LogP contribution < -0.4 is 10.5 Å². The van der Waals surface area contributed by atoms with Crippen molar-refractivity contribution in [2.45, 2.75) is 59.0 Å². The molecule has 0 fully saturated rings. The summed E-state index contributed by atoms with van der Waals surface area (Å²) in [5.74, 6) is 1.88. The van der Waals surface area contributed by atoms with Gasteiger partial charge in [-0.3, -0.25) is 0 Å². The molecular formula is C17H27N3O. The molecule has 0 radical (unpaired) electrons. The number of nitrogens with two attached hydrogens (primary N) is 1. The second-order valence-electron chi connectivity index (χ2n) is 5.45. The molecule has 0 aliphatic carbocycles. The van der Waals surface area contributed by atoms with Crippen molar-refractivity contribution in [3.05, 3.63) is 24.0 Å². The molecule has 21 heavy (non-hydrogen) atoms. The van der Waals surface area contributed by atoms with Gasteiger partial charge in [-0.05, 0) is 31.9 Å². The Kier molecular flexibility index (Phi) is 5.62. The number of unbranched alkanes of at least 4 members (excludes halogenated alkanes) is 1. The summed E-state index contributed by atoms with van der Waals surface area (Å²) in [6, 6.07) is 6.14. The molecule has 1 aromatic heterocycles. The van der Waals surface area contributed by atoms with Crippen molar-refractivity contribution in [1.29, 1.82) is 0 Å². The van der Waals surface area contributed by atoms with Gasteiger partial charge < -0.3 is 15.0 Å². The van der Waals surface area contributed by atoms with Crippen LogP contribution in [0, 0.1) is 0 Å². The Morgan fingerprint density at radius 2 is 2.05 bits per heavy atom. The largest absolute Gasteiger partial charge is 0.494 e. The molecule has 4 heteroatoms. The lowest BCUT2D eigenvalue weighted by Gasteiger charge is -2.13. The van der Waals surface area contributed by atoms with Crippen LogP contribution in [0.2, 0.25) is 0 Å². The molecule has 2 N–H and O–H groups in total. The number of hydrogen-bond donors (Lipinski definition) is 1. The molecule has 0 spiro atoms. The van der Waals surface area contributed by atoms with E-state index in [1.807, 2.05) is 19.1 Å². The minimum Gasteiger partial charge on any atom is -0.494 e. The van der Waals surface area contributed by atoms with Crippen LogP contribution in [0.1, 0.15) is 58.3 Å². The number of benzene rings is 1. The Bertz CT molecular complexity index is 577. The first-order valence-electron chi connectivity index (χ1n) is 8.09. The summed E-state index contributed by atoms with van der Waals surface area (Å²) >= 11 is 0. The van der Waals surface area contributed by atoms with Crippen LogP contribution in [0.3, 0.4) is 0 Å². The van der Waals surface area contributed by atoms with Crippen molar-refractivity contribution < 1.29 is 4.74 Å². The summed E-state index contributed by atoms with van der Waals surface area (Å²) in [7, 11) is 0. The van der Waals surface area contributed by atoms with Gasteiger partial charge in [0.15, 0.2) is 0 Å². The molecule has 1 atom stereocenters. The highest BCUT2D eigenvalue weighted by atomic mass is 16.5. The van der Waals surface area contributed by atoms with Crippen molar-refractivity contribution in [1.82, 2.24) is 9.55 Å². The zero-order valence-corrected chi connectivity index (χ0v) is 13.4. The molecule has 0 saturated heterocycles. The third kappa shape index (κ3) is 3.56. The van der Waals surface area contributed by atoms with Crippen LogP contribution in [0.25, 0.3) is 11.0 Å². The van der Waals surface area contributed by atoms with Gasteiger partial charge in [-0.1, -0.05) is 26.7 Å². The fourth-order valence-electron chi connectivity index (χ4n) is 2.68. The molecule has 2 rings (SSSR count). The van der Waals surface area contributed by atoms with E-state index in [9.17, 15) is 0 Å². The molecule has 1 aromatic carbocycles. The lowest BCUT2D eigenvalue weighted by molar-refractivity contribution is 0.340. The zero-order valence-electron chi connectivity index (χ0n) is 13.4. The van der Waals surface area contributed by atoms with Gasteiger partial charge in [-0.2, -0.15) is 0 Å². The second kappa shape index (κ2) is 7.46. The van der Waals surface area contributed by atoms with Crippen LogP contribution >= 0.6 is 0 Å². The van der Waals surface area contributed by atoms with Gasteiger partial charge in [0.2, 0.25) is 0 Å². The van der Waals surface area contributed by atoms with E-state index < -0.39 is 0 Å². The average Bonchev–Trinajstić information content (AvgIpc) is 2.84. The number of aryl methyl sites for hydroxylation is 1.